The Balaban J connectivity index is 2.07. The largest absolute Gasteiger partial charge is 0.480 e. The van der Waals surface area contributed by atoms with E-state index in [2.05, 4.69) is 10.6 Å². The van der Waals surface area contributed by atoms with Gasteiger partial charge in [-0.25, -0.2) is 4.79 Å². The van der Waals surface area contributed by atoms with Crippen LogP contribution < -0.4 is 10.6 Å². The van der Waals surface area contributed by atoms with E-state index in [9.17, 15) is 14.4 Å². The first-order valence-electron chi connectivity index (χ1n) is 7.09. The number of carboxylic acids is 1. The van der Waals surface area contributed by atoms with Crippen molar-refractivity contribution in [1.82, 2.24) is 10.6 Å². The number of halogens is 1. The first kappa shape index (κ1) is 18.9. The van der Waals surface area contributed by atoms with Crippen LogP contribution in [0.15, 0.2) is 24.3 Å². The molecule has 0 spiro atoms. The number of carbonyl (C=O) groups is 3. The lowest BCUT2D eigenvalue weighted by Gasteiger charge is -2.07. The molecule has 23 heavy (non-hydrogen) atoms. The second-order valence-corrected chi connectivity index (χ2v) is 5.10. The molecule has 0 aliphatic carbocycles. The number of hydrogen-bond acceptors (Lipinski definition) is 4. The fourth-order valence-corrected chi connectivity index (χ4v) is 1.79. The highest BCUT2D eigenvalue weighted by Gasteiger charge is 2.05. The van der Waals surface area contributed by atoms with E-state index in [1.165, 1.54) is 0 Å². The Morgan fingerprint density at radius 2 is 1.78 bits per heavy atom. The average molecular weight is 343 g/mol. The van der Waals surface area contributed by atoms with Gasteiger partial charge in [-0.05, 0) is 30.7 Å². The third-order valence-corrected chi connectivity index (χ3v) is 3.02. The van der Waals surface area contributed by atoms with Crippen LogP contribution in [-0.2, 0) is 14.3 Å². The van der Waals surface area contributed by atoms with Gasteiger partial charge in [0.05, 0.1) is 6.61 Å². The van der Waals surface area contributed by atoms with Crippen LogP contribution in [0, 0.1) is 0 Å². The molecule has 0 aromatic heterocycles. The van der Waals surface area contributed by atoms with Gasteiger partial charge in [-0.2, -0.15) is 0 Å². The molecule has 0 bridgehead atoms. The number of rotatable bonds is 10. The van der Waals surface area contributed by atoms with Gasteiger partial charge in [0.1, 0.15) is 6.61 Å². The molecule has 1 aromatic rings. The summed E-state index contributed by atoms with van der Waals surface area (Å²) in [6, 6.07) is 6.52. The lowest BCUT2D eigenvalue weighted by Crippen LogP contribution is -2.29. The number of hydrogen-bond donors (Lipinski definition) is 3. The summed E-state index contributed by atoms with van der Waals surface area (Å²) in [4.78, 5) is 33.5. The van der Waals surface area contributed by atoms with Crippen LogP contribution in [0.5, 0.6) is 0 Å². The molecule has 3 N–H and O–H groups in total. The normalized spacial score (nSPS) is 10.1. The minimum Gasteiger partial charge on any atom is -0.480 e. The van der Waals surface area contributed by atoms with E-state index in [0.29, 0.717) is 23.6 Å². The number of carboxylic acid groups (broad SMARTS) is 1. The van der Waals surface area contributed by atoms with Crippen molar-refractivity contribution in [2.24, 2.45) is 0 Å². The summed E-state index contributed by atoms with van der Waals surface area (Å²) in [5.41, 5.74) is 0.509. The molecule has 0 fully saturated rings. The third-order valence-electron chi connectivity index (χ3n) is 2.77. The van der Waals surface area contributed by atoms with E-state index in [1.807, 2.05) is 0 Å². The van der Waals surface area contributed by atoms with Gasteiger partial charge in [-0.3, -0.25) is 9.59 Å². The number of aliphatic carboxylic acids is 1. The van der Waals surface area contributed by atoms with Crippen LogP contribution in [0.4, 0.5) is 0 Å². The summed E-state index contributed by atoms with van der Waals surface area (Å²) in [5.74, 6) is -1.44. The fraction of sp³-hybridized carbons (Fsp3) is 0.400. The molecular weight excluding hydrogens is 324 g/mol. The molecule has 0 unspecified atom stereocenters. The maximum Gasteiger partial charge on any atom is 0.329 e. The maximum absolute atomic E-state index is 11.8. The van der Waals surface area contributed by atoms with E-state index in [0.717, 1.165) is 0 Å². The van der Waals surface area contributed by atoms with Gasteiger partial charge in [0, 0.05) is 30.1 Å². The number of nitrogens with one attached hydrogen (secondary N) is 2. The van der Waals surface area contributed by atoms with E-state index < -0.39 is 5.97 Å². The predicted octanol–water partition coefficient (Wildman–Crippen LogP) is 1.07. The first-order chi connectivity index (χ1) is 11.0. The molecule has 0 aliphatic rings. The van der Waals surface area contributed by atoms with Crippen molar-refractivity contribution in [2.75, 3.05) is 26.3 Å². The van der Waals surface area contributed by atoms with Gasteiger partial charge >= 0.3 is 5.97 Å². The molecule has 0 saturated heterocycles. The Kier molecular flexibility index (Phi) is 8.71. The number of amides is 2. The zero-order valence-corrected chi connectivity index (χ0v) is 13.3. The molecule has 1 aromatic carbocycles. The zero-order valence-electron chi connectivity index (χ0n) is 12.5. The van der Waals surface area contributed by atoms with Crippen molar-refractivity contribution in [3.63, 3.8) is 0 Å². The predicted molar refractivity (Wildman–Crippen MR) is 84.5 cm³/mol. The summed E-state index contributed by atoms with van der Waals surface area (Å²) in [6.07, 6.45) is 0.765. The van der Waals surface area contributed by atoms with E-state index >= 15 is 0 Å². The second-order valence-electron chi connectivity index (χ2n) is 4.66. The standard InChI is InChI=1S/C15H19ClN2O5/c16-12-5-3-11(4-6-12)15(22)18-7-1-2-13(19)17-8-9-23-10-14(20)21/h3-6H,1-2,7-10H2,(H,17,19)(H,18,22)(H,20,21). The van der Waals surface area contributed by atoms with Gasteiger partial charge in [0.25, 0.3) is 5.91 Å². The minimum absolute atomic E-state index is 0.144. The molecule has 8 heteroatoms. The molecular formula is C15H19ClN2O5. The van der Waals surface area contributed by atoms with Crippen LogP contribution in [0.3, 0.4) is 0 Å². The molecule has 0 atom stereocenters. The van der Waals surface area contributed by atoms with Gasteiger partial charge in [0.15, 0.2) is 0 Å². The smallest absolute Gasteiger partial charge is 0.329 e. The van der Waals surface area contributed by atoms with Crippen LogP contribution in [-0.4, -0.2) is 49.2 Å². The summed E-state index contributed by atoms with van der Waals surface area (Å²) in [5, 5.41) is 14.2. The van der Waals surface area contributed by atoms with Crippen molar-refractivity contribution in [1.29, 1.82) is 0 Å². The highest BCUT2D eigenvalue weighted by Crippen LogP contribution is 2.09. The molecule has 7 nitrogen and oxygen atoms in total. The van der Waals surface area contributed by atoms with Crippen molar-refractivity contribution in [3.8, 4) is 0 Å². The van der Waals surface area contributed by atoms with Crippen LogP contribution in [0.2, 0.25) is 5.02 Å². The monoisotopic (exact) mass is 342 g/mol. The molecule has 0 aliphatic heterocycles. The lowest BCUT2D eigenvalue weighted by atomic mass is 10.2. The zero-order chi connectivity index (χ0) is 17.1. The number of carbonyl (C=O) groups excluding carboxylic acids is 2. The SMILES string of the molecule is O=C(O)COCCNC(=O)CCCNC(=O)c1ccc(Cl)cc1. The average Bonchev–Trinajstić information content (AvgIpc) is 2.51. The topological polar surface area (TPSA) is 105 Å². The quantitative estimate of drug-likeness (QED) is 0.552. The molecule has 126 valence electrons. The number of ether oxygens (including phenoxy) is 1. The Labute approximate surface area is 139 Å². The minimum atomic E-state index is -1.05. The van der Waals surface area contributed by atoms with Crippen LogP contribution in [0.1, 0.15) is 23.2 Å². The van der Waals surface area contributed by atoms with Gasteiger partial charge in [-0.1, -0.05) is 11.6 Å². The Morgan fingerprint density at radius 1 is 1.09 bits per heavy atom. The highest BCUT2D eigenvalue weighted by molar-refractivity contribution is 6.30. The Bertz CT molecular complexity index is 533. The van der Waals surface area contributed by atoms with Gasteiger partial charge in [-0.15, -0.1) is 0 Å². The molecule has 1 rings (SSSR count). The van der Waals surface area contributed by atoms with Crippen molar-refractivity contribution in [3.05, 3.63) is 34.9 Å². The summed E-state index contributed by atoms with van der Waals surface area (Å²) in [7, 11) is 0. The summed E-state index contributed by atoms with van der Waals surface area (Å²) < 4.78 is 4.78. The third kappa shape index (κ3) is 8.80. The first-order valence-corrected chi connectivity index (χ1v) is 7.47. The highest BCUT2D eigenvalue weighted by atomic mass is 35.5. The van der Waals surface area contributed by atoms with Crippen molar-refractivity contribution >= 4 is 29.4 Å². The molecule has 0 radical (unpaired) electrons. The van der Waals surface area contributed by atoms with E-state index in [-0.39, 0.29) is 38.0 Å². The lowest BCUT2D eigenvalue weighted by molar-refractivity contribution is -0.142. The second kappa shape index (κ2) is 10.6. The van der Waals surface area contributed by atoms with E-state index in [1.54, 1.807) is 24.3 Å². The Hall–Kier alpha value is -2.12. The van der Waals surface area contributed by atoms with Crippen molar-refractivity contribution < 1.29 is 24.2 Å². The van der Waals surface area contributed by atoms with Crippen molar-refractivity contribution in [2.45, 2.75) is 12.8 Å². The van der Waals surface area contributed by atoms with Gasteiger partial charge in [0.2, 0.25) is 5.91 Å². The van der Waals surface area contributed by atoms with E-state index in [4.69, 9.17) is 21.4 Å². The number of benzene rings is 1. The molecule has 0 saturated carbocycles. The van der Waals surface area contributed by atoms with Crippen LogP contribution in [0.25, 0.3) is 0 Å². The van der Waals surface area contributed by atoms with Gasteiger partial charge < -0.3 is 20.5 Å². The Morgan fingerprint density at radius 3 is 2.43 bits per heavy atom. The van der Waals surface area contributed by atoms with Crippen LogP contribution >= 0.6 is 11.6 Å². The summed E-state index contributed by atoms with van der Waals surface area (Å²) >= 11 is 5.74. The fourth-order valence-electron chi connectivity index (χ4n) is 1.66. The maximum atomic E-state index is 11.8. The molecule has 0 heterocycles. The summed E-state index contributed by atoms with van der Waals surface area (Å²) in [6.45, 7) is 0.394. The molecule has 2 amide bonds.